The van der Waals surface area contributed by atoms with Gasteiger partial charge in [0.15, 0.2) is 0 Å². The third-order valence-corrected chi connectivity index (χ3v) is 4.60. The van der Waals surface area contributed by atoms with Gasteiger partial charge in [0.05, 0.1) is 0 Å². The number of nitrogens with one attached hydrogen (secondary N) is 2. The lowest BCUT2D eigenvalue weighted by molar-refractivity contribution is -0.135. The molecule has 8 nitrogen and oxygen atoms in total. The van der Waals surface area contributed by atoms with Crippen LogP contribution in [0.5, 0.6) is 0 Å². The number of nitrogen functional groups attached to an aromatic ring is 1. The molecule has 8 heteroatoms. The number of carbonyl (C=O) groups is 3. The van der Waals surface area contributed by atoms with Crippen LogP contribution in [0.2, 0.25) is 0 Å². The van der Waals surface area contributed by atoms with Gasteiger partial charge >= 0.3 is 11.8 Å². The summed E-state index contributed by atoms with van der Waals surface area (Å²) in [5.74, 6) is -2.59. The highest BCUT2D eigenvalue weighted by Crippen LogP contribution is 2.19. The van der Waals surface area contributed by atoms with Crippen molar-refractivity contribution in [3.8, 4) is 0 Å². The maximum atomic E-state index is 12.0. The molecule has 3 rings (SSSR count). The minimum absolute atomic E-state index is 0.242. The monoisotopic (exact) mass is 381 g/mol. The molecule has 1 aliphatic heterocycles. The molecule has 2 aromatic carbocycles. The number of amides is 3. The Balaban J connectivity index is 1.54. The zero-order valence-electron chi connectivity index (χ0n) is 15.6. The molecule has 2 aromatic rings. The second-order valence-electron chi connectivity index (χ2n) is 6.70. The first-order valence-electron chi connectivity index (χ1n) is 8.98. The summed E-state index contributed by atoms with van der Waals surface area (Å²) in [7, 11) is 2.10. The zero-order chi connectivity index (χ0) is 20.1. The van der Waals surface area contributed by atoms with Crippen molar-refractivity contribution in [1.29, 1.82) is 0 Å². The van der Waals surface area contributed by atoms with E-state index in [0.717, 1.165) is 31.9 Å². The number of carbonyl (C=O) groups excluding carboxylic acids is 3. The van der Waals surface area contributed by atoms with Crippen molar-refractivity contribution in [3.05, 3.63) is 54.1 Å². The van der Waals surface area contributed by atoms with Gasteiger partial charge in [0.2, 0.25) is 0 Å². The normalized spacial score (nSPS) is 14.4. The summed E-state index contributed by atoms with van der Waals surface area (Å²) < 4.78 is 0. The number of nitrogens with two attached hydrogens (primary N) is 1. The van der Waals surface area contributed by atoms with Crippen molar-refractivity contribution in [3.63, 3.8) is 0 Å². The summed E-state index contributed by atoms with van der Waals surface area (Å²) in [4.78, 5) is 40.6. The fourth-order valence-electron chi connectivity index (χ4n) is 2.87. The molecule has 1 fully saturated rings. The number of rotatable bonds is 3. The lowest BCUT2D eigenvalue weighted by Crippen LogP contribution is -2.44. The van der Waals surface area contributed by atoms with Crippen LogP contribution in [0.4, 0.5) is 17.1 Å². The maximum absolute atomic E-state index is 12.0. The van der Waals surface area contributed by atoms with Crippen LogP contribution in [-0.4, -0.2) is 55.8 Å². The van der Waals surface area contributed by atoms with E-state index in [1.165, 1.54) is 12.1 Å². The fourth-order valence-corrected chi connectivity index (χ4v) is 2.87. The number of hydrogen-bond donors (Lipinski definition) is 3. The van der Waals surface area contributed by atoms with E-state index in [9.17, 15) is 14.4 Å². The number of likely N-dealkylation sites (N-methyl/N-ethyl adjacent to an activating group) is 1. The average molecular weight is 381 g/mol. The first kappa shape index (κ1) is 19.4. The van der Waals surface area contributed by atoms with Crippen LogP contribution >= 0.6 is 0 Å². The SMILES string of the molecule is CN1CCN(c2ccc(NC(=O)C(=O)NC(=O)c3ccc(N)cc3)cc2)CC1. The van der Waals surface area contributed by atoms with E-state index in [1.807, 2.05) is 12.1 Å². The Morgan fingerprint density at radius 1 is 0.857 bits per heavy atom. The summed E-state index contributed by atoms with van der Waals surface area (Å²) in [6, 6.07) is 13.3. The minimum Gasteiger partial charge on any atom is -0.399 e. The van der Waals surface area contributed by atoms with Gasteiger partial charge in [0.1, 0.15) is 0 Å². The van der Waals surface area contributed by atoms with Crippen LogP contribution in [0.3, 0.4) is 0 Å². The van der Waals surface area contributed by atoms with Crippen molar-refractivity contribution in [2.75, 3.05) is 49.2 Å². The second kappa shape index (κ2) is 8.53. The fraction of sp³-hybridized carbons (Fsp3) is 0.250. The summed E-state index contributed by atoms with van der Waals surface area (Å²) in [6.07, 6.45) is 0. The van der Waals surface area contributed by atoms with Gasteiger partial charge in [-0.3, -0.25) is 19.7 Å². The van der Waals surface area contributed by atoms with Crippen molar-refractivity contribution in [1.82, 2.24) is 10.2 Å². The van der Waals surface area contributed by atoms with E-state index in [4.69, 9.17) is 5.73 Å². The topological polar surface area (TPSA) is 108 Å². The number of anilines is 3. The first-order valence-corrected chi connectivity index (χ1v) is 8.98. The predicted molar refractivity (Wildman–Crippen MR) is 108 cm³/mol. The number of piperazine rings is 1. The average Bonchev–Trinajstić information content (AvgIpc) is 2.69. The Labute approximate surface area is 163 Å². The Bertz CT molecular complexity index is 856. The van der Waals surface area contributed by atoms with Crippen molar-refractivity contribution in [2.24, 2.45) is 0 Å². The lowest BCUT2D eigenvalue weighted by Gasteiger charge is -2.34. The smallest absolute Gasteiger partial charge is 0.316 e. The molecule has 0 radical (unpaired) electrons. The van der Waals surface area contributed by atoms with Crippen LogP contribution in [0.25, 0.3) is 0 Å². The highest BCUT2D eigenvalue weighted by atomic mass is 16.2. The van der Waals surface area contributed by atoms with Crippen molar-refractivity contribution >= 4 is 34.8 Å². The van der Waals surface area contributed by atoms with E-state index in [0.29, 0.717) is 11.4 Å². The Hall–Kier alpha value is -3.39. The Morgan fingerprint density at radius 3 is 2.07 bits per heavy atom. The molecule has 1 heterocycles. The lowest BCUT2D eigenvalue weighted by atomic mass is 10.2. The van der Waals surface area contributed by atoms with E-state index in [-0.39, 0.29) is 5.56 Å². The molecule has 1 aliphatic rings. The highest BCUT2D eigenvalue weighted by molar-refractivity contribution is 6.42. The predicted octanol–water partition coefficient (Wildman–Crippen LogP) is 0.916. The van der Waals surface area contributed by atoms with Crippen LogP contribution < -0.4 is 21.3 Å². The highest BCUT2D eigenvalue weighted by Gasteiger charge is 2.18. The third kappa shape index (κ3) is 4.86. The van der Waals surface area contributed by atoms with Gasteiger partial charge in [-0.25, -0.2) is 0 Å². The van der Waals surface area contributed by atoms with Crippen molar-refractivity contribution in [2.45, 2.75) is 0 Å². The van der Waals surface area contributed by atoms with E-state index in [1.54, 1.807) is 24.3 Å². The summed E-state index contributed by atoms with van der Waals surface area (Å²) >= 11 is 0. The van der Waals surface area contributed by atoms with Crippen LogP contribution in [0.1, 0.15) is 10.4 Å². The van der Waals surface area contributed by atoms with Gasteiger partial charge in [-0.15, -0.1) is 0 Å². The van der Waals surface area contributed by atoms with Crippen LogP contribution in [0, 0.1) is 0 Å². The largest absolute Gasteiger partial charge is 0.399 e. The van der Waals surface area contributed by atoms with Crippen molar-refractivity contribution < 1.29 is 14.4 Å². The third-order valence-electron chi connectivity index (χ3n) is 4.60. The van der Waals surface area contributed by atoms with Gasteiger partial charge in [-0.05, 0) is 55.6 Å². The molecule has 1 saturated heterocycles. The number of imide groups is 1. The molecule has 3 amide bonds. The van der Waals surface area contributed by atoms with E-state index < -0.39 is 17.7 Å². The summed E-state index contributed by atoms with van der Waals surface area (Å²) in [5.41, 5.74) is 7.85. The number of hydrogen-bond acceptors (Lipinski definition) is 6. The molecule has 4 N–H and O–H groups in total. The Kier molecular flexibility index (Phi) is 5.90. The minimum atomic E-state index is -1.02. The quantitative estimate of drug-likeness (QED) is 0.539. The van der Waals surface area contributed by atoms with Gasteiger partial charge in [-0.2, -0.15) is 0 Å². The van der Waals surface area contributed by atoms with Gasteiger partial charge in [-0.1, -0.05) is 0 Å². The number of benzene rings is 2. The van der Waals surface area contributed by atoms with E-state index >= 15 is 0 Å². The van der Waals surface area contributed by atoms with Crippen LogP contribution in [-0.2, 0) is 9.59 Å². The second-order valence-corrected chi connectivity index (χ2v) is 6.70. The zero-order valence-corrected chi connectivity index (χ0v) is 15.6. The summed E-state index contributed by atoms with van der Waals surface area (Å²) in [6.45, 7) is 3.89. The standard InChI is InChI=1S/C20H23N5O3/c1-24-10-12-25(13-11-24)17-8-6-16(7-9-17)22-19(27)20(28)23-18(26)14-2-4-15(21)5-3-14/h2-9H,10-13,21H2,1H3,(H,22,27)(H,23,26,28). The molecule has 0 unspecified atom stereocenters. The molecule has 0 spiro atoms. The van der Waals surface area contributed by atoms with Gasteiger partial charge < -0.3 is 20.9 Å². The van der Waals surface area contributed by atoms with Crippen LogP contribution in [0.15, 0.2) is 48.5 Å². The first-order chi connectivity index (χ1) is 13.4. The van der Waals surface area contributed by atoms with Gasteiger partial charge in [0.25, 0.3) is 5.91 Å². The molecular weight excluding hydrogens is 358 g/mol. The molecule has 0 atom stereocenters. The molecular formula is C20H23N5O3. The molecule has 0 aromatic heterocycles. The van der Waals surface area contributed by atoms with E-state index in [2.05, 4.69) is 27.5 Å². The Morgan fingerprint density at radius 2 is 1.46 bits per heavy atom. The van der Waals surface area contributed by atoms with Gasteiger partial charge in [0, 0.05) is 48.8 Å². The molecule has 0 bridgehead atoms. The molecule has 146 valence electrons. The summed E-state index contributed by atoms with van der Waals surface area (Å²) in [5, 5.41) is 4.55. The molecule has 0 aliphatic carbocycles. The molecule has 28 heavy (non-hydrogen) atoms. The number of nitrogens with zero attached hydrogens (tertiary/aromatic N) is 2. The molecule has 0 saturated carbocycles. The maximum Gasteiger partial charge on any atom is 0.316 e.